The molecule has 0 aromatic heterocycles. The first-order chi connectivity index (χ1) is 7.80. The van der Waals surface area contributed by atoms with Gasteiger partial charge in [0.1, 0.15) is 0 Å². The average molecular weight is 251 g/mol. The third-order valence-corrected chi connectivity index (χ3v) is 3.04. The number of carbonyl (C=O) groups is 1. The number of hydrogen-bond donors (Lipinski definition) is 1. The second kappa shape index (κ2) is 5.53. The number of piperidine rings is 1. The van der Waals surface area contributed by atoms with Gasteiger partial charge in [-0.3, -0.25) is 4.90 Å². The minimum atomic E-state index is -4.10. The van der Waals surface area contributed by atoms with Crippen molar-refractivity contribution in [1.82, 2.24) is 4.90 Å². The summed E-state index contributed by atoms with van der Waals surface area (Å²) >= 11 is 0. The molecule has 0 unspecified atom stereocenters. The predicted molar refractivity (Wildman–Crippen MR) is 56.6 cm³/mol. The molecule has 3 nitrogen and oxygen atoms in total. The van der Waals surface area contributed by atoms with E-state index in [1.807, 2.05) is 4.90 Å². The van der Waals surface area contributed by atoms with Gasteiger partial charge in [0, 0.05) is 12.1 Å². The van der Waals surface area contributed by atoms with Crippen LogP contribution in [-0.4, -0.2) is 41.8 Å². The maximum atomic E-state index is 12.4. The highest BCUT2D eigenvalue weighted by Crippen LogP contribution is 2.33. The molecule has 0 bridgehead atoms. The van der Waals surface area contributed by atoms with Crippen LogP contribution in [0.15, 0.2) is 11.6 Å². The Morgan fingerprint density at radius 2 is 1.94 bits per heavy atom. The average Bonchev–Trinajstić information content (AvgIpc) is 2.25. The molecule has 1 heterocycles. The highest BCUT2D eigenvalue weighted by Gasteiger charge is 2.40. The Balaban J connectivity index is 2.38. The molecule has 17 heavy (non-hydrogen) atoms. The zero-order chi connectivity index (χ0) is 13.1. The molecule has 1 fully saturated rings. The van der Waals surface area contributed by atoms with Gasteiger partial charge in [0.2, 0.25) is 0 Å². The van der Waals surface area contributed by atoms with Crippen LogP contribution in [0, 0.1) is 5.92 Å². The van der Waals surface area contributed by atoms with Gasteiger partial charge in [-0.1, -0.05) is 6.08 Å². The van der Waals surface area contributed by atoms with Crippen molar-refractivity contribution < 1.29 is 23.1 Å². The summed E-state index contributed by atoms with van der Waals surface area (Å²) in [5, 5.41) is 8.62. The number of hydrogen-bond acceptors (Lipinski definition) is 2. The van der Waals surface area contributed by atoms with Crippen molar-refractivity contribution in [3.63, 3.8) is 0 Å². The molecule has 0 radical (unpaired) electrons. The van der Waals surface area contributed by atoms with E-state index in [4.69, 9.17) is 5.11 Å². The summed E-state index contributed by atoms with van der Waals surface area (Å²) in [6, 6.07) is 0. The van der Waals surface area contributed by atoms with Crippen LogP contribution in [0.4, 0.5) is 13.2 Å². The lowest BCUT2D eigenvalue weighted by molar-refractivity contribution is -0.184. The quantitative estimate of drug-likeness (QED) is 0.782. The number of carboxylic acid groups (broad SMARTS) is 1. The van der Waals surface area contributed by atoms with E-state index >= 15 is 0 Å². The summed E-state index contributed by atoms with van der Waals surface area (Å²) in [4.78, 5) is 12.4. The fourth-order valence-electron chi connectivity index (χ4n) is 1.80. The van der Waals surface area contributed by atoms with Gasteiger partial charge in [-0.25, -0.2) is 4.79 Å². The molecule has 0 aromatic carbocycles. The van der Waals surface area contributed by atoms with Crippen molar-refractivity contribution in [2.75, 3.05) is 19.6 Å². The number of halogens is 3. The number of carboxylic acids is 1. The molecule has 0 amide bonds. The summed E-state index contributed by atoms with van der Waals surface area (Å²) < 4.78 is 37.1. The molecule has 98 valence electrons. The molecular weight excluding hydrogens is 235 g/mol. The molecule has 0 spiro atoms. The maximum absolute atomic E-state index is 12.4. The smallest absolute Gasteiger partial charge is 0.391 e. The third-order valence-electron chi connectivity index (χ3n) is 3.04. The molecule has 6 heteroatoms. The normalized spacial score (nSPS) is 20.6. The van der Waals surface area contributed by atoms with Gasteiger partial charge in [0.15, 0.2) is 0 Å². The Kier molecular flexibility index (Phi) is 4.56. The Hall–Kier alpha value is -1.04. The maximum Gasteiger partial charge on any atom is 0.391 e. The first-order valence-corrected chi connectivity index (χ1v) is 5.50. The third kappa shape index (κ3) is 4.38. The van der Waals surface area contributed by atoms with Gasteiger partial charge in [0.05, 0.1) is 5.92 Å². The lowest BCUT2D eigenvalue weighted by Crippen LogP contribution is -2.39. The van der Waals surface area contributed by atoms with Crippen LogP contribution < -0.4 is 0 Å². The van der Waals surface area contributed by atoms with E-state index in [1.54, 1.807) is 0 Å². The zero-order valence-electron chi connectivity index (χ0n) is 9.63. The summed E-state index contributed by atoms with van der Waals surface area (Å²) in [7, 11) is 0. The Morgan fingerprint density at radius 1 is 1.41 bits per heavy atom. The van der Waals surface area contributed by atoms with Crippen molar-refractivity contribution in [2.45, 2.75) is 25.9 Å². The van der Waals surface area contributed by atoms with Gasteiger partial charge < -0.3 is 5.11 Å². The van der Waals surface area contributed by atoms with Crippen molar-refractivity contribution >= 4 is 5.97 Å². The summed E-state index contributed by atoms with van der Waals surface area (Å²) in [6.07, 6.45) is -2.36. The molecule has 0 saturated carbocycles. The highest BCUT2D eigenvalue weighted by atomic mass is 19.4. The van der Waals surface area contributed by atoms with Crippen molar-refractivity contribution in [2.24, 2.45) is 5.92 Å². The first-order valence-electron chi connectivity index (χ1n) is 5.50. The van der Waals surface area contributed by atoms with Gasteiger partial charge in [-0.05, 0) is 32.9 Å². The van der Waals surface area contributed by atoms with Crippen molar-refractivity contribution in [3.8, 4) is 0 Å². The summed E-state index contributed by atoms with van der Waals surface area (Å²) in [5.74, 6) is -2.20. The monoisotopic (exact) mass is 251 g/mol. The molecule has 0 atom stereocenters. The van der Waals surface area contributed by atoms with Crippen LogP contribution in [-0.2, 0) is 4.79 Å². The van der Waals surface area contributed by atoms with E-state index in [1.165, 1.54) is 13.0 Å². The van der Waals surface area contributed by atoms with Crippen LogP contribution in [0.5, 0.6) is 0 Å². The highest BCUT2D eigenvalue weighted by molar-refractivity contribution is 5.85. The minimum Gasteiger partial charge on any atom is -0.478 e. The van der Waals surface area contributed by atoms with Crippen LogP contribution in [0.3, 0.4) is 0 Å². The molecule has 0 aliphatic carbocycles. The van der Waals surface area contributed by atoms with Gasteiger partial charge in [-0.15, -0.1) is 0 Å². The van der Waals surface area contributed by atoms with Crippen LogP contribution >= 0.6 is 0 Å². The standard InChI is InChI=1S/C11H16F3NO2/c1-8(10(16)17)2-5-15-6-3-9(4-7-15)11(12,13)14/h2,9H,3-7H2,1H3,(H,16,17). The molecule has 1 N–H and O–H groups in total. The molecular formula is C11H16F3NO2. The van der Waals surface area contributed by atoms with E-state index in [0.717, 1.165) is 0 Å². The number of aliphatic carboxylic acids is 1. The lowest BCUT2D eigenvalue weighted by Gasteiger charge is -2.32. The topological polar surface area (TPSA) is 40.5 Å². The number of alkyl halides is 3. The fraction of sp³-hybridized carbons (Fsp3) is 0.727. The van der Waals surface area contributed by atoms with Crippen molar-refractivity contribution in [1.29, 1.82) is 0 Å². The number of rotatable bonds is 3. The number of nitrogens with zero attached hydrogens (tertiary/aromatic N) is 1. The summed E-state index contributed by atoms with van der Waals surface area (Å²) in [6.45, 7) is 2.62. The van der Waals surface area contributed by atoms with E-state index in [-0.39, 0.29) is 18.4 Å². The largest absolute Gasteiger partial charge is 0.478 e. The van der Waals surface area contributed by atoms with E-state index in [2.05, 4.69) is 0 Å². The van der Waals surface area contributed by atoms with Gasteiger partial charge in [-0.2, -0.15) is 13.2 Å². The second-order valence-corrected chi connectivity index (χ2v) is 4.31. The molecule has 1 aliphatic heterocycles. The van der Waals surface area contributed by atoms with Gasteiger partial charge >= 0.3 is 12.1 Å². The van der Waals surface area contributed by atoms with E-state index < -0.39 is 18.1 Å². The van der Waals surface area contributed by atoms with Gasteiger partial charge in [0.25, 0.3) is 0 Å². The molecule has 1 saturated heterocycles. The second-order valence-electron chi connectivity index (χ2n) is 4.31. The molecule has 1 rings (SSSR count). The lowest BCUT2D eigenvalue weighted by atomic mass is 9.96. The fourth-order valence-corrected chi connectivity index (χ4v) is 1.80. The Labute approximate surface area is 97.9 Å². The first kappa shape index (κ1) is 14.0. The SMILES string of the molecule is CC(=CCN1CCC(C(F)(F)F)CC1)C(=O)O. The zero-order valence-corrected chi connectivity index (χ0v) is 9.63. The van der Waals surface area contributed by atoms with E-state index in [0.29, 0.717) is 19.6 Å². The Bertz CT molecular complexity index is 304. The minimum absolute atomic E-state index is 0.101. The number of likely N-dealkylation sites (tertiary alicyclic amines) is 1. The molecule has 1 aliphatic rings. The van der Waals surface area contributed by atoms with Crippen LogP contribution in [0.1, 0.15) is 19.8 Å². The van der Waals surface area contributed by atoms with E-state index in [9.17, 15) is 18.0 Å². The summed E-state index contributed by atoms with van der Waals surface area (Å²) in [5.41, 5.74) is 0.225. The molecule has 0 aromatic rings. The van der Waals surface area contributed by atoms with Crippen LogP contribution in [0.2, 0.25) is 0 Å². The predicted octanol–water partition coefficient (Wildman–Crippen LogP) is 2.29. The van der Waals surface area contributed by atoms with Crippen molar-refractivity contribution in [3.05, 3.63) is 11.6 Å². The Morgan fingerprint density at radius 3 is 2.35 bits per heavy atom. The van der Waals surface area contributed by atoms with Crippen LogP contribution in [0.25, 0.3) is 0 Å².